The minimum Gasteiger partial charge on any atom is -0.481 e. The Bertz CT molecular complexity index is 728. The molecule has 0 bridgehead atoms. The first-order chi connectivity index (χ1) is 14.8. The van der Waals surface area contributed by atoms with Crippen molar-refractivity contribution < 1.29 is 23.1 Å². The van der Waals surface area contributed by atoms with Crippen LogP contribution >= 0.6 is 0 Å². The van der Waals surface area contributed by atoms with Crippen molar-refractivity contribution in [3.05, 3.63) is 29.8 Å². The summed E-state index contributed by atoms with van der Waals surface area (Å²) in [6, 6.07) is 8.40. The van der Waals surface area contributed by atoms with Gasteiger partial charge in [0.2, 0.25) is 0 Å². The largest absolute Gasteiger partial charge is 0.481 e. The predicted octanol–water partition coefficient (Wildman–Crippen LogP) is 6.61. The Morgan fingerprint density at radius 1 is 1.12 bits per heavy atom. The molecular formula is C25H40F3NO2Si. The molecule has 0 spiro atoms. The van der Waals surface area contributed by atoms with Gasteiger partial charge in [-0.25, -0.2) is 0 Å². The molecule has 1 heterocycles. The van der Waals surface area contributed by atoms with Crippen LogP contribution in [0.1, 0.15) is 70.4 Å². The number of alkyl halides is 3. The van der Waals surface area contributed by atoms with Crippen LogP contribution in [0.4, 0.5) is 13.2 Å². The van der Waals surface area contributed by atoms with Crippen molar-refractivity contribution in [1.29, 1.82) is 0 Å². The molecule has 0 saturated carbocycles. The van der Waals surface area contributed by atoms with Gasteiger partial charge in [-0.2, -0.15) is 13.2 Å². The standard InChI is InChI=1S/C25H40F3NO2Si/c1-18(2)6-9-21(12-14-25(26,27)28)29-15-13-19(17-24(30)31)16-23(29)20-7-10-22(11-8-20)32(3,4)5/h7-8,10-11,18-19,21,23H,6,9,12-17H2,1-5H3,(H,30,31)/t19-,21-,23+/m1/s1. The first-order valence-electron chi connectivity index (χ1n) is 11.9. The van der Waals surface area contributed by atoms with Crippen LogP contribution in [0.2, 0.25) is 19.6 Å². The summed E-state index contributed by atoms with van der Waals surface area (Å²) in [5.41, 5.74) is 1.10. The fourth-order valence-electron chi connectivity index (χ4n) is 4.79. The first kappa shape index (κ1) is 26.9. The maximum atomic E-state index is 13.1. The summed E-state index contributed by atoms with van der Waals surface area (Å²) in [5.74, 6) is -0.314. The molecule has 1 aliphatic heterocycles. The monoisotopic (exact) mass is 471 g/mol. The Morgan fingerprint density at radius 3 is 2.25 bits per heavy atom. The lowest BCUT2D eigenvalue weighted by molar-refractivity contribution is -0.141. The van der Waals surface area contributed by atoms with Gasteiger partial charge in [0.15, 0.2) is 0 Å². The quantitative estimate of drug-likeness (QED) is 0.391. The highest BCUT2D eigenvalue weighted by Gasteiger charge is 2.37. The minimum atomic E-state index is -4.16. The zero-order valence-corrected chi connectivity index (χ0v) is 21.2. The Kier molecular flexibility index (Phi) is 9.41. The van der Waals surface area contributed by atoms with Crippen LogP contribution < -0.4 is 5.19 Å². The Balaban J connectivity index is 2.32. The average molecular weight is 472 g/mol. The SMILES string of the molecule is CC(C)CC[C@H](CCC(F)(F)F)N1CC[C@@H](CC(=O)O)C[C@H]1c1ccc([Si](C)(C)C)cc1. The van der Waals surface area contributed by atoms with Crippen LogP contribution in [-0.2, 0) is 4.79 Å². The lowest BCUT2D eigenvalue weighted by atomic mass is 9.83. The molecule has 1 aromatic rings. The zero-order valence-electron chi connectivity index (χ0n) is 20.2. The van der Waals surface area contributed by atoms with Gasteiger partial charge >= 0.3 is 12.1 Å². The molecule has 1 N–H and O–H groups in total. The smallest absolute Gasteiger partial charge is 0.389 e. The number of halogens is 3. The number of carboxylic acids is 1. The molecule has 182 valence electrons. The summed E-state index contributed by atoms with van der Waals surface area (Å²) in [6.07, 6.45) is -1.68. The number of nitrogens with zero attached hydrogens (tertiary/aromatic N) is 1. The molecule has 1 aromatic carbocycles. The molecule has 32 heavy (non-hydrogen) atoms. The van der Waals surface area contributed by atoms with E-state index in [4.69, 9.17) is 0 Å². The summed E-state index contributed by atoms with van der Waals surface area (Å²) >= 11 is 0. The average Bonchev–Trinajstić information content (AvgIpc) is 2.66. The van der Waals surface area contributed by atoms with Gasteiger partial charge in [-0.05, 0) is 56.0 Å². The minimum absolute atomic E-state index is 0.0332. The van der Waals surface area contributed by atoms with Crippen LogP contribution in [-0.4, -0.2) is 42.8 Å². The van der Waals surface area contributed by atoms with Crippen molar-refractivity contribution in [3.63, 3.8) is 0 Å². The van der Waals surface area contributed by atoms with Crippen molar-refractivity contribution in [1.82, 2.24) is 4.90 Å². The van der Waals surface area contributed by atoms with Gasteiger partial charge in [0.25, 0.3) is 0 Å². The van der Waals surface area contributed by atoms with Crippen LogP contribution in [0.25, 0.3) is 0 Å². The van der Waals surface area contributed by atoms with E-state index in [0.29, 0.717) is 18.9 Å². The third-order valence-electron chi connectivity index (χ3n) is 6.68. The van der Waals surface area contributed by atoms with E-state index >= 15 is 0 Å². The second-order valence-corrected chi connectivity index (χ2v) is 16.0. The lowest BCUT2D eigenvalue weighted by Crippen LogP contribution is -2.45. The summed E-state index contributed by atoms with van der Waals surface area (Å²) in [7, 11) is -1.46. The molecule has 3 nitrogen and oxygen atoms in total. The van der Waals surface area contributed by atoms with Crippen LogP contribution in [0.3, 0.4) is 0 Å². The van der Waals surface area contributed by atoms with Crippen LogP contribution in [0, 0.1) is 11.8 Å². The van der Waals surface area contributed by atoms with E-state index in [1.165, 1.54) is 5.19 Å². The topological polar surface area (TPSA) is 40.5 Å². The van der Waals surface area contributed by atoms with Gasteiger partial charge in [-0.1, -0.05) is 62.9 Å². The number of hydrogen-bond acceptors (Lipinski definition) is 2. The van der Waals surface area contributed by atoms with Crippen molar-refractivity contribution in [2.24, 2.45) is 11.8 Å². The zero-order chi connectivity index (χ0) is 24.1. The van der Waals surface area contributed by atoms with E-state index in [9.17, 15) is 23.1 Å². The number of piperidine rings is 1. The Hall–Kier alpha value is -1.34. The van der Waals surface area contributed by atoms with Crippen LogP contribution in [0.15, 0.2) is 24.3 Å². The highest BCUT2D eigenvalue weighted by Crippen LogP contribution is 2.39. The molecule has 0 unspecified atom stereocenters. The molecule has 1 saturated heterocycles. The molecule has 1 aliphatic rings. The first-order valence-corrected chi connectivity index (χ1v) is 15.4. The molecule has 7 heteroatoms. The summed E-state index contributed by atoms with van der Waals surface area (Å²) in [5, 5.41) is 10.7. The number of aliphatic carboxylic acids is 1. The second-order valence-electron chi connectivity index (χ2n) is 10.9. The number of likely N-dealkylation sites (tertiary alicyclic amines) is 1. The van der Waals surface area contributed by atoms with E-state index in [2.05, 4.69) is 62.7 Å². The van der Waals surface area contributed by atoms with Crippen molar-refractivity contribution >= 4 is 19.2 Å². The van der Waals surface area contributed by atoms with Crippen molar-refractivity contribution in [2.75, 3.05) is 6.54 Å². The molecule has 0 amide bonds. The molecular weight excluding hydrogens is 431 g/mol. The summed E-state index contributed by atoms with van der Waals surface area (Å²) in [6.45, 7) is 11.7. The summed E-state index contributed by atoms with van der Waals surface area (Å²) in [4.78, 5) is 13.6. The molecule has 0 aromatic heterocycles. The second kappa shape index (κ2) is 11.2. The highest BCUT2D eigenvalue weighted by atomic mass is 28.3. The summed E-state index contributed by atoms with van der Waals surface area (Å²) < 4.78 is 39.3. The highest BCUT2D eigenvalue weighted by molar-refractivity contribution is 6.88. The van der Waals surface area contributed by atoms with E-state index < -0.39 is 26.6 Å². The van der Waals surface area contributed by atoms with Crippen molar-refractivity contribution in [3.8, 4) is 0 Å². The fourth-order valence-corrected chi connectivity index (χ4v) is 5.96. The van der Waals surface area contributed by atoms with E-state index in [-0.39, 0.29) is 30.8 Å². The van der Waals surface area contributed by atoms with Gasteiger partial charge in [-0.15, -0.1) is 0 Å². The number of rotatable bonds is 10. The van der Waals surface area contributed by atoms with Crippen molar-refractivity contribution in [2.45, 2.75) is 96.7 Å². The number of carbonyl (C=O) groups is 1. The van der Waals surface area contributed by atoms with Gasteiger partial charge in [0, 0.05) is 24.9 Å². The van der Waals surface area contributed by atoms with E-state index in [0.717, 1.165) is 24.8 Å². The predicted molar refractivity (Wildman–Crippen MR) is 127 cm³/mol. The Labute approximate surface area is 192 Å². The number of carboxylic acid groups (broad SMARTS) is 1. The Morgan fingerprint density at radius 2 is 1.75 bits per heavy atom. The molecule has 0 radical (unpaired) electrons. The van der Waals surface area contributed by atoms with Gasteiger partial charge in [0.05, 0.1) is 8.07 Å². The maximum absolute atomic E-state index is 13.1. The molecule has 2 rings (SSSR count). The van der Waals surface area contributed by atoms with Gasteiger partial charge < -0.3 is 5.11 Å². The molecule has 1 fully saturated rings. The number of benzene rings is 1. The number of hydrogen-bond donors (Lipinski definition) is 1. The van der Waals surface area contributed by atoms with Crippen LogP contribution in [0.5, 0.6) is 0 Å². The van der Waals surface area contributed by atoms with E-state index in [1.807, 2.05) is 0 Å². The van der Waals surface area contributed by atoms with Gasteiger partial charge in [-0.3, -0.25) is 9.69 Å². The fraction of sp³-hybridized carbons (Fsp3) is 0.720. The van der Waals surface area contributed by atoms with E-state index in [1.54, 1.807) is 0 Å². The third-order valence-corrected chi connectivity index (χ3v) is 8.75. The van der Waals surface area contributed by atoms with Gasteiger partial charge in [0.1, 0.15) is 0 Å². The molecule has 0 aliphatic carbocycles. The molecule has 3 atom stereocenters. The maximum Gasteiger partial charge on any atom is 0.389 e. The third kappa shape index (κ3) is 8.54. The lowest BCUT2D eigenvalue weighted by Gasteiger charge is -2.44. The normalized spacial score (nSPS) is 21.7.